The third-order valence-corrected chi connectivity index (χ3v) is 4.33. The molecule has 0 amide bonds. The lowest BCUT2D eigenvalue weighted by Crippen LogP contribution is -2.42. The number of hydrogen-bond donors (Lipinski definition) is 1. The highest BCUT2D eigenvalue weighted by atomic mass is 32.2. The van der Waals surface area contributed by atoms with Crippen LogP contribution in [0.1, 0.15) is 18.7 Å². The summed E-state index contributed by atoms with van der Waals surface area (Å²) in [6.07, 6.45) is 3.46. The molecule has 0 spiro atoms. The van der Waals surface area contributed by atoms with E-state index in [2.05, 4.69) is 10.1 Å². The highest BCUT2D eigenvalue weighted by molar-refractivity contribution is 7.98. The zero-order valence-corrected chi connectivity index (χ0v) is 12.2. The molecule has 3 rings (SSSR count). The van der Waals surface area contributed by atoms with Crippen LogP contribution >= 0.6 is 11.8 Å². The third kappa shape index (κ3) is 2.59. The molecule has 106 valence electrons. The summed E-state index contributed by atoms with van der Waals surface area (Å²) in [7, 11) is 0. The molecule has 0 saturated carbocycles. The SMILES string of the molecule is CSc1ccc(-c2noc(C3(N)CCOCC3)n2)cc1. The Morgan fingerprint density at radius 1 is 1.20 bits per heavy atom. The first-order valence-electron chi connectivity index (χ1n) is 6.56. The molecule has 1 aliphatic rings. The van der Waals surface area contributed by atoms with Gasteiger partial charge < -0.3 is 15.0 Å². The summed E-state index contributed by atoms with van der Waals surface area (Å²) >= 11 is 1.70. The fourth-order valence-corrected chi connectivity index (χ4v) is 2.64. The Morgan fingerprint density at radius 2 is 1.90 bits per heavy atom. The normalized spacial score (nSPS) is 18.1. The molecular weight excluding hydrogens is 274 g/mol. The topological polar surface area (TPSA) is 74.2 Å². The zero-order valence-electron chi connectivity index (χ0n) is 11.3. The molecule has 5 nitrogen and oxygen atoms in total. The molecule has 0 radical (unpaired) electrons. The Bertz CT molecular complexity index is 576. The predicted octanol–water partition coefficient (Wildman–Crippen LogP) is 2.42. The number of nitrogens with two attached hydrogens (primary N) is 1. The van der Waals surface area contributed by atoms with Gasteiger partial charge in [-0.1, -0.05) is 5.16 Å². The highest BCUT2D eigenvalue weighted by Crippen LogP contribution is 2.30. The van der Waals surface area contributed by atoms with E-state index in [1.54, 1.807) is 11.8 Å². The van der Waals surface area contributed by atoms with E-state index in [-0.39, 0.29) is 0 Å². The van der Waals surface area contributed by atoms with Gasteiger partial charge in [0.05, 0.1) is 0 Å². The standard InChI is InChI=1S/C14H17N3O2S/c1-20-11-4-2-10(3-5-11)12-16-13(19-17-12)14(15)6-8-18-9-7-14/h2-5H,6-9,15H2,1H3. The Hall–Kier alpha value is -1.37. The van der Waals surface area contributed by atoms with Gasteiger partial charge in [0.2, 0.25) is 11.7 Å². The minimum atomic E-state index is -0.553. The van der Waals surface area contributed by atoms with E-state index in [9.17, 15) is 0 Å². The molecule has 1 aliphatic heterocycles. The maximum atomic E-state index is 6.34. The van der Waals surface area contributed by atoms with Crippen molar-refractivity contribution < 1.29 is 9.26 Å². The van der Waals surface area contributed by atoms with E-state index in [1.165, 1.54) is 4.90 Å². The molecule has 2 heterocycles. The van der Waals surface area contributed by atoms with Gasteiger partial charge in [-0.05, 0) is 43.4 Å². The number of aromatic nitrogens is 2. The van der Waals surface area contributed by atoms with Crippen molar-refractivity contribution in [1.29, 1.82) is 0 Å². The van der Waals surface area contributed by atoms with Crippen molar-refractivity contribution in [3.8, 4) is 11.4 Å². The lowest BCUT2D eigenvalue weighted by atomic mass is 9.91. The van der Waals surface area contributed by atoms with E-state index in [1.807, 2.05) is 30.5 Å². The van der Waals surface area contributed by atoms with Crippen LogP contribution in [0.15, 0.2) is 33.7 Å². The van der Waals surface area contributed by atoms with Crippen molar-refractivity contribution in [3.05, 3.63) is 30.2 Å². The number of nitrogens with zero attached hydrogens (tertiary/aromatic N) is 2. The van der Waals surface area contributed by atoms with Gasteiger partial charge >= 0.3 is 0 Å². The summed E-state index contributed by atoms with van der Waals surface area (Å²) < 4.78 is 10.7. The maximum Gasteiger partial charge on any atom is 0.247 e. The number of ether oxygens (including phenoxy) is 1. The molecule has 1 aromatic heterocycles. The van der Waals surface area contributed by atoms with Gasteiger partial charge in [-0.3, -0.25) is 0 Å². The van der Waals surface area contributed by atoms with Gasteiger partial charge in [0.15, 0.2) is 0 Å². The quantitative estimate of drug-likeness (QED) is 0.875. The summed E-state index contributed by atoms with van der Waals surface area (Å²) in [5, 5.41) is 4.05. The minimum absolute atomic E-state index is 0.504. The summed E-state index contributed by atoms with van der Waals surface area (Å²) in [6.45, 7) is 1.27. The molecular formula is C14H17N3O2S. The molecule has 1 fully saturated rings. The fraction of sp³-hybridized carbons (Fsp3) is 0.429. The zero-order chi connectivity index (χ0) is 14.0. The first-order valence-corrected chi connectivity index (χ1v) is 7.79. The largest absolute Gasteiger partial charge is 0.381 e. The van der Waals surface area contributed by atoms with E-state index >= 15 is 0 Å². The van der Waals surface area contributed by atoms with Crippen molar-refractivity contribution in [2.24, 2.45) is 5.73 Å². The average molecular weight is 291 g/mol. The minimum Gasteiger partial charge on any atom is -0.381 e. The Balaban J connectivity index is 1.85. The molecule has 2 N–H and O–H groups in total. The van der Waals surface area contributed by atoms with E-state index in [4.69, 9.17) is 15.0 Å². The smallest absolute Gasteiger partial charge is 0.247 e. The molecule has 0 aliphatic carbocycles. The molecule has 0 atom stereocenters. The maximum absolute atomic E-state index is 6.34. The van der Waals surface area contributed by atoms with Gasteiger partial charge in [-0.25, -0.2) is 0 Å². The molecule has 1 aromatic carbocycles. The van der Waals surface area contributed by atoms with Gasteiger partial charge in [0, 0.05) is 23.7 Å². The predicted molar refractivity (Wildman–Crippen MR) is 77.4 cm³/mol. The third-order valence-electron chi connectivity index (χ3n) is 3.59. The summed E-state index contributed by atoms with van der Waals surface area (Å²) in [5.41, 5.74) is 6.72. The fourth-order valence-electron chi connectivity index (χ4n) is 2.23. The van der Waals surface area contributed by atoms with Crippen LogP contribution in [0.3, 0.4) is 0 Å². The monoisotopic (exact) mass is 291 g/mol. The van der Waals surface area contributed by atoms with Crippen LogP contribution in [0.5, 0.6) is 0 Å². The molecule has 20 heavy (non-hydrogen) atoms. The number of hydrogen-bond acceptors (Lipinski definition) is 6. The molecule has 1 saturated heterocycles. The van der Waals surface area contributed by atoms with Crippen molar-refractivity contribution in [3.63, 3.8) is 0 Å². The van der Waals surface area contributed by atoms with Crippen molar-refractivity contribution in [2.45, 2.75) is 23.3 Å². The van der Waals surface area contributed by atoms with Crippen LogP contribution in [0.4, 0.5) is 0 Å². The van der Waals surface area contributed by atoms with Crippen molar-refractivity contribution in [2.75, 3.05) is 19.5 Å². The molecule has 2 aromatic rings. The van der Waals surface area contributed by atoms with E-state index < -0.39 is 5.54 Å². The van der Waals surface area contributed by atoms with Crippen LogP contribution in [0.2, 0.25) is 0 Å². The van der Waals surface area contributed by atoms with Gasteiger partial charge in [-0.15, -0.1) is 11.8 Å². The Kier molecular flexibility index (Phi) is 3.78. The summed E-state index contributed by atoms with van der Waals surface area (Å²) in [4.78, 5) is 5.67. The molecule has 0 unspecified atom stereocenters. The summed E-state index contributed by atoms with van der Waals surface area (Å²) in [5.74, 6) is 1.09. The second kappa shape index (κ2) is 5.55. The molecule has 6 heteroatoms. The Morgan fingerprint density at radius 3 is 2.55 bits per heavy atom. The van der Waals surface area contributed by atoms with Crippen molar-refractivity contribution >= 4 is 11.8 Å². The highest BCUT2D eigenvalue weighted by Gasteiger charge is 2.35. The van der Waals surface area contributed by atoms with Gasteiger partial charge in [0.1, 0.15) is 5.54 Å². The van der Waals surface area contributed by atoms with Gasteiger partial charge in [0.25, 0.3) is 0 Å². The number of thioether (sulfide) groups is 1. The van der Waals surface area contributed by atoms with E-state index in [0.29, 0.717) is 37.8 Å². The van der Waals surface area contributed by atoms with Crippen LogP contribution in [-0.2, 0) is 10.3 Å². The van der Waals surface area contributed by atoms with E-state index in [0.717, 1.165) is 5.56 Å². The first-order chi connectivity index (χ1) is 9.71. The average Bonchev–Trinajstić information content (AvgIpc) is 2.99. The van der Waals surface area contributed by atoms with Crippen LogP contribution in [-0.4, -0.2) is 29.6 Å². The van der Waals surface area contributed by atoms with Crippen molar-refractivity contribution in [1.82, 2.24) is 10.1 Å². The summed E-state index contributed by atoms with van der Waals surface area (Å²) in [6, 6.07) is 8.08. The first kappa shape index (κ1) is 13.6. The second-order valence-electron chi connectivity index (χ2n) is 4.92. The van der Waals surface area contributed by atoms with Gasteiger partial charge in [-0.2, -0.15) is 4.98 Å². The second-order valence-corrected chi connectivity index (χ2v) is 5.80. The Labute approximate surface area is 121 Å². The van der Waals surface area contributed by atoms with Crippen LogP contribution in [0, 0.1) is 0 Å². The number of benzene rings is 1. The van der Waals surface area contributed by atoms with Crippen LogP contribution < -0.4 is 5.73 Å². The number of rotatable bonds is 3. The lowest BCUT2D eigenvalue weighted by molar-refractivity contribution is 0.0400. The lowest BCUT2D eigenvalue weighted by Gasteiger charge is -2.29. The van der Waals surface area contributed by atoms with Crippen LogP contribution in [0.25, 0.3) is 11.4 Å². The molecule has 0 bridgehead atoms.